The van der Waals surface area contributed by atoms with Crippen LogP contribution in [0.5, 0.6) is 0 Å². The van der Waals surface area contributed by atoms with Gasteiger partial charge >= 0.3 is 0 Å². The first-order valence-electron chi connectivity index (χ1n) is 10.7. The summed E-state index contributed by atoms with van der Waals surface area (Å²) in [6, 6.07) is 7.55. The lowest BCUT2D eigenvalue weighted by Gasteiger charge is -2.56. The summed E-state index contributed by atoms with van der Waals surface area (Å²) in [6.45, 7) is 0. The van der Waals surface area contributed by atoms with Gasteiger partial charge < -0.3 is 10.6 Å². The first-order valence-corrected chi connectivity index (χ1v) is 11.6. The van der Waals surface area contributed by atoms with Crippen molar-refractivity contribution in [3.05, 3.63) is 40.9 Å². The summed E-state index contributed by atoms with van der Waals surface area (Å²) in [4.78, 5) is 30.0. The number of carbonyl (C=O) groups excluding carboxylic acids is 2. The Bertz CT molecular complexity index is 962. The van der Waals surface area contributed by atoms with Crippen LogP contribution in [0.3, 0.4) is 0 Å². The molecular weight excluding hydrogens is 382 g/mol. The molecule has 2 heterocycles. The molecule has 2 N–H and O–H groups in total. The molecule has 1 aliphatic heterocycles. The summed E-state index contributed by atoms with van der Waals surface area (Å²) in [5, 5.41) is 8.71. The highest BCUT2D eigenvalue weighted by Gasteiger charge is 2.52. The van der Waals surface area contributed by atoms with Crippen LogP contribution in [0.4, 0.5) is 10.8 Å². The van der Waals surface area contributed by atoms with E-state index in [4.69, 9.17) is 4.98 Å². The molecule has 2 aromatic rings. The number of thiazole rings is 1. The van der Waals surface area contributed by atoms with Gasteiger partial charge in [0.1, 0.15) is 0 Å². The third-order valence-corrected chi connectivity index (χ3v) is 8.39. The molecule has 4 aliphatic carbocycles. The molecule has 0 spiro atoms. The standard InChI is InChI=1S/C23H25N3O2S/c27-20-8-17(16-3-1-2-4-18(16)24-20)21(28)26-22-25-19(12-29-22)23-9-13-5-14(10-23)7-15(6-13)11-23/h1-4,12-15,17H,5-11H2,(H,24,27)(H,25,26,28). The number of aromatic nitrogens is 1. The maximum Gasteiger partial charge on any atom is 0.234 e. The molecule has 1 aromatic carbocycles. The van der Waals surface area contributed by atoms with Crippen molar-refractivity contribution in [1.82, 2.24) is 4.98 Å². The Morgan fingerprint density at radius 3 is 2.52 bits per heavy atom. The van der Waals surface area contributed by atoms with Gasteiger partial charge in [-0.3, -0.25) is 9.59 Å². The number of hydrogen-bond donors (Lipinski definition) is 2. The number of carbonyl (C=O) groups is 2. The van der Waals surface area contributed by atoms with E-state index in [9.17, 15) is 9.59 Å². The first kappa shape index (κ1) is 17.6. The highest BCUT2D eigenvalue weighted by molar-refractivity contribution is 7.14. The largest absolute Gasteiger partial charge is 0.326 e. The molecule has 6 heteroatoms. The van der Waals surface area contributed by atoms with Crippen molar-refractivity contribution < 1.29 is 9.59 Å². The van der Waals surface area contributed by atoms with Crippen LogP contribution in [0.2, 0.25) is 0 Å². The molecule has 4 bridgehead atoms. The average Bonchev–Trinajstić information content (AvgIpc) is 3.15. The fourth-order valence-corrected chi connectivity index (χ4v) is 7.67. The lowest BCUT2D eigenvalue weighted by molar-refractivity contribution is -0.123. The predicted molar refractivity (Wildman–Crippen MR) is 113 cm³/mol. The minimum Gasteiger partial charge on any atom is -0.326 e. The van der Waals surface area contributed by atoms with E-state index in [0.29, 0.717) is 5.13 Å². The second kappa shape index (κ2) is 6.39. The zero-order chi connectivity index (χ0) is 19.6. The van der Waals surface area contributed by atoms with Crippen LogP contribution in [0.15, 0.2) is 29.6 Å². The minimum absolute atomic E-state index is 0.114. The normalized spacial score (nSPS) is 34.6. The number of para-hydroxylation sites is 1. The van der Waals surface area contributed by atoms with Crippen LogP contribution < -0.4 is 10.6 Å². The zero-order valence-electron chi connectivity index (χ0n) is 16.3. The second-order valence-electron chi connectivity index (χ2n) is 9.62. The Morgan fingerprint density at radius 2 is 1.79 bits per heavy atom. The van der Waals surface area contributed by atoms with E-state index in [-0.39, 0.29) is 23.7 Å². The lowest BCUT2D eigenvalue weighted by Crippen LogP contribution is -2.48. The summed E-state index contributed by atoms with van der Waals surface area (Å²) in [5.74, 6) is 1.90. The van der Waals surface area contributed by atoms with Gasteiger partial charge in [0.15, 0.2) is 5.13 Å². The number of fused-ring (bicyclic) bond motifs is 1. The molecular formula is C23H25N3O2S. The maximum atomic E-state index is 13.0. The third kappa shape index (κ3) is 2.91. The van der Waals surface area contributed by atoms with Crippen molar-refractivity contribution in [1.29, 1.82) is 0 Å². The van der Waals surface area contributed by atoms with Crippen molar-refractivity contribution in [2.75, 3.05) is 10.6 Å². The van der Waals surface area contributed by atoms with Gasteiger partial charge in [-0.05, 0) is 67.9 Å². The molecule has 1 aromatic heterocycles. The van der Waals surface area contributed by atoms with Gasteiger partial charge in [-0.25, -0.2) is 4.98 Å². The fraction of sp³-hybridized carbons (Fsp3) is 0.522. The number of anilines is 2. The van der Waals surface area contributed by atoms with Crippen LogP contribution in [0.1, 0.15) is 62.1 Å². The fourth-order valence-electron chi connectivity index (χ4n) is 6.84. The van der Waals surface area contributed by atoms with Crippen LogP contribution in [0.25, 0.3) is 0 Å². The molecule has 4 saturated carbocycles. The summed E-state index contributed by atoms with van der Waals surface area (Å²) >= 11 is 1.53. The van der Waals surface area contributed by atoms with E-state index in [1.165, 1.54) is 55.6 Å². The van der Waals surface area contributed by atoms with Crippen LogP contribution >= 0.6 is 11.3 Å². The monoisotopic (exact) mass is 407 g/mol. The third-order valence-electron chi connectivity index (χ3n) is 7.63. The van der Waals surface area contributed by atoms with Crippen molar-refractivity contribution in [2.45, 2.75) is 56.3 Å². The molecule has 5 nitrogen and oxygen atoms in total. The van der Waals surface area contributed by atoms with Crippen molar-refractivity contribution in [3.63, 3.8) is 0 Å². The summed E-state index contributed by atoms with van der Waals surface area (Å²) in [7, 11) is 0. The predicted octanol–water partition coefficient (Wildman–Crippen LogP) is 4.68. The number of nitrogens with zero attached hydrogens (tertiary/aromatic N) is 1. The minimum atomic E-state index is -0.466. The van der Waals surface area contributed by atoms with Gasteiger partial charge in [0.2, 0.25) is 11.8 Å². The van der Waals surface area contributed by atoms with Gasteiger partial charge in [-0.15, -0.1) is 11.3 Å². The SMILES string of the molecule is O=C1CC(C(=O)Nc2nc(C34CC5CC(CC(C5)C3)C4)cs2)c2ccccc2N1. The number of benzene rings is 1. The number of rotatable bonds is 3. The number of hydrogen-bond acceptors (Lipinski definition) is 4. The zero-order valence-corrected chi connectivity index (χ0v) is 17.1. The number of amides is 2. The van der Waals surface area contributed by atoms with E-state index in [1.807, 2.05) is 24.3 Å². The van der Waals surface area contributed by atoms with E-state index in [1.54, 1.807) is 0 Å². The van der Waals surface area contributed by atoms with Gasteiger partial charge in [0, 0.05) is 22.9 Å². The van der Waals surface area contributed by atoms with Crippen LogP contribution in [0, 0.1) is 17.8 Å². The quantitative estimate of drug-likeness (QED) is 0.776. The molecule has 0 saturated heterocycles. The van der Waals surface area contributed by atoms with Gasteiger partial charge in [0.05, 0.1) is 11.6 Å². The summed E-state index contributed by atoms with van der Waals surface area (Å²) in [6.07, 6.45) is 8.23. The van der Waals surface area contributed by atoms with Crippen LogP contribution in [-0.2, 0) is 15.0 Å². The second-order valence-corrected chi connectivity index (χ2v) is 10.5. The highest BCUT2D eigenvalue weighted by atomic mass is 32.1. The Balaban J connectivity index is 1.23. The van der Waals surface area contributed by atoms with Crippen LogP contribution in [-0.4, -0.2) is 16.8 Å². The molecule has 150 valence electrons. The van der Waals surface area contributed by atoms with Crippen molar-refractivity contribution >= 4 is 34.0 Å². The van der Waals surface area contributed by atoms with Gasteiger partial charge in [-0.1, -0.05) is 18.2 Å². The Labute approximate surface area is 174 Å². The van der Waals surface area contributed by atoms with E-state index in [2.05, 4.69) is 16.0 Å². The smallest absolute Gasteiger partial charge is 0.234 e. The van der Waals surface area contributed by atoms with E-state index >= 15 is 0 Å². The summed E-state index contributed by atoms with van der Waals surface area (Å²) < 4.78 is 0. The maximum absolute atomic E-state index is 13.0. The van der Waals surface area contributed by atoms with E-state index < -0.39 is 5.92 Å². The van der Waals surface area contributed by atoms with Crippen molar-refractivity contribution in [2.24, 2.45) is 17.8 Å². The lowest BCUT2D eigenvalue weighted by atomic mass is 9.49. The van der Waals surface area contributed by atoms with Gasteiger partial charge in [-0.2, -0.15) is 0 Å². The first-order chi connectivity index (χ1) is 14.1. The molecule has 2 amide bonds. The number of nitrogens with one attached hydrogen (secondary N) is 2. The Morgan fingerprint density at radius 1 is 1.10 bits per heavy atom. The Kier molecular flexibility index (Phi) is 3.89. The topological polar surface area (TPSA) is 71.1 Å². The molecule has 1 atom stereocenters. The average molecular weight is 408 g/mol. The summed E-state index contributed by atoms with van der Waals surface area (Å²) in [5.41, 5.74) is 3.05. The van der Waals surface area contributed by atoms with Crippen molar-refractivity contribution in [3.8, 4) is 0 Å². The molecule has 1 unspecified atom stereocenters. The highest BCUT2D eigenvalue weighted by Crippen LogP contribution is 2.60. The molecule has 0 radical (unpaired) electrons. The molecule has 5 aliphatic rings. The molecule has 7 rings (SSSR count). The van der Waals surface area contributed by atoms with E-state index in [0.717, 1.165) is 29.0 Å². The molecule has 29 heavy (non-hydrogen) atoms. The Hall–Kier alpha value is -2.21. The molecule has 4 fully saturated rings. The van der Waals surface area contributed by atoms with Gasteiger partial charge in [0.25, 0.3) is 0 Å².